The van der Waals surface area contributed by atoms with Crippen LogP contribution in [0.5, 0.6) is 5.88 Å². The van der Waals surface area contributed by atoms with Crippen LogP contribution in [0, 0.1) is 0 Å². The van der Waals surface area contributed by atoms with E-state index in [2.05, 4.69) is 22.3 Å². The van der Waals surface area contributed by atoms with Gasteiger partial charge in [0.25, 0.3) is 0 Å². The predicted octanol–water partition coefficient (Wildman–Crippen LogP) is 2.45. The van der Waals surface area contributed by atoms with Crippen LogP contribution >= 0.6 is 0 Å². The Kier molecular flexibility index (Phi) is 4.74. The lowest BCUT2D eigenvalue weighted by Crippen LogP contribution is -2.19. The van der Waals surface area contributed by atoms with Crippen LogP contribution in [0.15, 0.2) is 30.7 Å². The summed E-state index contributed by atoms with van der Waals surface area (Å²) in [5.41, 5.74) is 2.24. The molecule has 0 spiro atoms. The zero-order valence-corrected chi connectivity index (χ0v) is 12.5. The van der Waals surface area contributed by atoms with Crippen LogP contribution in [-0.4, -0.2) is 20.9 Å². The molecule has 0 aliphatic heterocycles. The molecule has 1 unspecified atom stereocenters. The predicted molar refractivity (Wildman–Crippen MR) is 78.5 cm³/mol. The zero-order valence-electron chi connectivity index (χ0n) is 12.5. The number of ether oxygens (including phenoxy) is 1. The van der Waals surface area contributed by atoms with E-state index in [-0.39, 0.29) is 12.1 Å². The van der Waals surface area contributed by atoms with E-state index in [4.69, 9.17) is 4.74 Å². The van der Waals surface area contributed by atoms with E-state index in [1.807, 2.05) is 50.1 Å². The number of aryl methyl sites for hydroxylation is 1. The molecule has 1 N–H and O–H groups in total. The van der Waals surface area contributed by atoms with E-state index in [1.54, 1.807) is 6.20 Å². The van der Waals surface area contributed by atoms with Crippen molar-refractivity contribution in [3.8, 4) is 5.88 Å². The Hall–Kier alpha value is -1.88. The molecule has 0 radical (unpaired) electrons. The standard InChI is InChI=1S/C15H22N4O/c1-11(2)20-15-13(6-5-7-16-15)8-17-12(3)14-9-18-19(4)10-14/h5-7,9-12,17H,8H2,1-4H3. The van der Waals surface area contributed by atoms with Crippen molar-refractivity contribution in [1.82, 2.24) is 20.1 Å². The lowest BCUT2D eigenvalue weighted by atomic mass is 10.2. The molecule has 0 saturated heterocycles. The molecule has 0 bridgehead atoms. The summed E-state index contributed by atoms with van der Waals surface area (Å²) in [7, 11) is 1.92. The van der Waals surface area contributed by atoms with Gasteiger partial charge in [0.05, 0.1) is 12.3 Å². The second-order valence-electron chi connectivity index (χ2n) is 5.18. The summed E-state index contributed by atoms with van der Waals surface area (Å²) in [6, 6.07) is 4.20. The number of hydrogen-bond acceptors (Lipinski definition) is 4. The summed E-state index contributed by atoms with van der Waals surface area (Å²) in [6.45, 7) is 6.84. The number of nitrogens with one attached hydrogen (secondary N) is 1. The summed E-state index contributed by atoms with van der Waals surface area (Å²) in [6.07, 6.45) is 5.78. The van der Waals surface area contributed by atoms with Crippen LogP contribution < -0.4 is 10.1 Å². The van der Waals surface area contributed by atoms with Gasteiger partial charge in [-0.3, -0.25) is 4.68 Å². The Morgan fingerprint density at radius 2 is 2.15 bits per heavy atom. The van der Waals surface area contributed by atoms with Crippen molar-refractivity contribution in [2.75, 3.05) is 0 Å². The van der Waals surface area contributed by atoms with Gasteiger partial charge in [-0.25, -0.2) is 4.98 Å². The van der Waals surface area contributed by atoms with E-state index < -0.39 is 0 Å². The van der Waals surface area contributed by atoms with Crippen LogP contribution in [0.4, 0.5) is 0 Å². The van der Waals surface area contributed by atoms with Crippen LogP contribution in [0.3, 0.4) is 0 Å². The van der Waals surface area contributed by atoms with Crippen LogP contribution in [-0.2, 0) is 13.6 Å². The lowest BCUT2D eigenvalue weighted by molar-refractivity contribution is 0.229. The molecular formula is C15H22N4O. The molecule has 0 amide bonds. The molecule has 108 valence electrons. The van der Waals surface area contributed by atoms with Crippen LogP contribution in [0.1, 0.15) is 37.9 Å². The van der Waals surface area contributed by atoms with Crippen molar-refractivity contribution in [3.63, 3.8) is 0 Å². The highest BCUT2D eigenvalue weighted by atomic mass is 16.5. The van der Waals surface area contributed by atoms with E-state index >= 15 is 0 Å². The first-order valence-electron chi connectivity index (χ1n) is 6.88. The first-order chi connectivity index (χ1) is 9.56. The zero-order chi connectivity index (χ0) is 14.5. The molecule has 2 rings (SSSR count). The third-order valence-corrected chi connectivity index (χ3v) is 3.02. The highest BCUT2D eigenvalue weighted by molar-refractivity contribution is 5.25. The summed E-state index contributed by atoms with van der Waals surface area (Å²) in [4.78, 5) is 4.29. The van der Waals surface area contributed by atoms with E-state index in [1.165, 1.54) is 5.56 Å². The molecule has 0 aliphatic rings. The maximum Gasteiger partial charge on any atom is 0.218 e. The number of nitrogens with zero attached hydrogens (tertiary/aromatic N) is 3. The topological polar surface area (TPSA) is 52.0 Å². The average Bonchev–Trinajstić information content (AvgIpc) is 2.83. The highest BCUT2D eigenvalue weighted by Crippen LogP contribution is 2.18. The van der Waals surface area contributed by atoms with E-state index in [0.717, 1.165) is 5.56 Å². The van der Waals surface area contributed by atoms with Crippen molar-refractivity contribution < 1.29 is 4.74 Å². The van der Waals surface area contributed by atoms with Crippen molar-refractivity contribution in [2.45, 2.75) is 39.5 Å². The van der Waals surface area contributed by atoms with Gasteiger partial charge in [-0.1, -0.05) is 6.07 Å². The number of hydrogen-bond donors (Lipinski definition) is 1. The molecule has 2 aromatic heterocycles. The number of pyridine rings is 1. The largest absolute Gasteiger partial charge is 0.475 e. The Morgan fingerprint density at radius 3 is 2.80 bits per heavy atom. The van der Waals surface area contributed by atoms with Gasteiger partial charge >= 0.3 is 0 Å². The molecule has 0 saturated carbocycles. The molecule has 0 aliphatic carbocycles. The van der Waals surface area contributed by atoms with Crippen molar-refractivity contribution in [3.05, 3.63) is 41.9 Å². The van der Waals surface area contributed by atoms with E-state index in [0.29, 0.717) is 12.4 Å². The molecular weight excluding hydrogens is 252 g/mol. The van der Waals surface area contributed by atoms with Gasteiger partial charge < -0.3 is 10.1 Å². The Balaban J connectivity index is 2.00. The first kappa shape index (κ1) is 14.5. The van der Waals surface area contributed by atoms with Crippen molar-refractivity contribution in [1.29, 1.82) is 0 Å². The molecule has 2 heterocycles. The van der Waals surface area contributed by atoms with Gasteiger partial charge in [-0.15, -0.1) is 0 Å². The number of rotatable bonds is 6. The first-order valence-corrected chi connectivity index (χ1v) is 6.88. The van der Waals surface area contributed by atoms with E-state index in [9.17, 15) is 0 Å². The fourth-order valence-electron chi connectivity index (χ4n) is 1.93. The Morgan fingerprint density at radius 1 is 1.35 bits per heavy atom. The maximum atomic E-state index is 5.72. The molecule has 1 atom stereocenters. The summed E-state index contributed by atoms with van der Waals surface area (Å²) in [5, 5.41) is 7.66. The number of aromatic nitrogens is 3. The van der Waals surface area contributed by atoms with Crippen molar-refractivity contribution >= 4 is 0 Å². The summed E-state index contributed by atoms with van der Waals surface area (Å²) >= 11 is 0. The fourth-order valence-corrected chi connectivity index (χ4v) is 1.93. The van der Waals surface area contributed by atoms with Gasteiger partial charge in [-0.05, 0) is 26.8 Å². The molecule has 20 heavy (non-hydrogen) atoms. The van der Waals surface area contributed by atoms with Gasteiger partial charge in [0, 0.05) is 43.2 Å². The van der Waals surface area contributed by atoms with Gasteiger partial charge in [0.15, 0.2) is 0 Å². The minimum absolute atomic E-state index is 0.124. The van der Waals surface area contributed by atoms with Gasteiger partial charge in [-0.2, -0.15) is 5.10 Å². The highest BCUT2D eigenvalue weighted by Gasteiger charge is 2.10. The van der Waals surface area contributed by atoms with Crippen LogP contribution in [0.25, 0.3) is 0 Å². The second kappa shape index (κ2) is 6.52. The maximum absolute atomic E-state index is 5.72. The normalized spacial score (nSPS) is 12.7. The average molecular weight is 274 g/mol. The minimum atomic E-state index is 0.124. The molecule has 0 fully saturated rings. The SMILES string of the molecule is CC(C)Oc1ncccc1CNC(C)c1cnn(C)c1. The van der Waals surface area contributed by atoms with Crippen LogP contribution in [0.2, 0.25) is 0 Å². The smallest absolute Gasteiger partial charge is 0.218 e. The minimum Gasteiger partial charge on any atom is -0.475 e. The second-order valence-corrected chi connectivity index (χ2v) is 5.18. The molecule has 2 aromatic rings. The third kappa shape index (κ3) is 3.81. The summed E-state index contributed by atoms with van der Waals surface area (Å²) in [5.74, 6) is 0.702. The van der Waals surface area contributed by atoms with Crippen molar-refractivity contribution in [2.24, 2.45) is 7.05 Å². The lowest BCUT2D eigenvalue weighted by Gasteiger charge is -2.15. The fraction of sp³-hybridized carbons (Fsp3) is 0.467. The van der Waals surface area contributed by atoms with Gasteiger partial charge in [0.1, 0.15) is 0 Å². The molecule has 5 heteroatoms. The third-order valence-electron chi connectivity index (χ3n) is 3.02. The molecule has 0 aromatic carbocycles. The quantitative estimate of drug-likeness (QED) is 0.879. The van der Waals surface area contributed by atoms with Gasteiger partial charge in [0.2, 0.25) is 5.88 Å². The molecule has 5 nitrogen and oxygen atoms in total. The monoisotopic (exact) mass is 274 g/mol. The Bertz CT molecular complexity index is 550. The summed E-state index contributed by atoms with van der Waals surface area (Å²) < 4.78 is 7.53. The Labute approximate surface area is 120 Å².